The highest BCUT2D eigenvalue weighted by molar-refractivity contribution is 7.89. The number of hydrogen-bond acceptors (Lipinski definition) is 4. The van der Waals surface area contributed by atoms with Crippen molar-refractivity contribution in [2.24, 2.45) is 5.14 Å². The molecule has 0 atom stereocenters. The molecule has 1 aromatic heterocycles. The van der Waals surface area contributed by atoms with E-state index in [0.29, 0.717) is 11.3 Å². The molecule has 10 heteroatoms. The Morgan fingerprint density at radius 2 is 1.77 bits per heavy atom. The van der Waals surface area contributed by atoms with Gasteiger partial charge in [0.2, 0.25) is 10.0 Å². The summed E-state index contributed by atoms with van der Waals surface area (Å²) >= 11 is 0. The van der Waals surface area contributed by atoms with Crippen LogP contribution >= 0.6 is 0 Å². The highest BCUT2D eigenvalue weighted by Gasteiger charge is 2.39. The number of primary sulfonamides is 1. The fraction of sp³-hybridized carbons (Fsp3) is 0.250. The number of sulfonamides is 1. The number of para-hydroxylation sites is 1. The standard InChI is InChI=1S/C20H20F3N3O3S/c1-4-15-17(16-7-5-6-12(2)18(16)29-3)26(25-19(15)20(21,22)23)13-8-10-14(11-9-13)30(24,27)28/h5-11H,4H2,1-3H3,(H2,24,27,28). The Hall–Kier alpha value is -2.85. The van der Waals surface area contributed by atoms with Crippen LogP contribution in [0.15, 0.2) is 47.4 Å². The number of aromatic nitrogens is 2. The Morgan fingerprint density at radius 3 is 2.27 bits per heavy atom. The van der Waals surface area contributed by atoms with Crippen molar-refractivity contribution in [1.29, 1.82) is 0 Å². The molecule has 0 saturated heterocycles. The number of methoxy groups -OCH3 is 1. The number of halogens is 3. The highest BCUT2D eigenvalue weighted by atomic mass is 32.2. The van der Waals surface area contributed by atoms with Crippen molar-refractivity contribution in [1.82, 2.24) is 9.78 Å². The molecule has 0 bridgehead atoms. The summed E-state index contributed by atoms with van der Waals surface area (Å²) in [5.41, 5.74) is 0.705. The molecule has 0 aliphatic carbocycles. The van der Waals surface area contributed by atoms with Gasteiger partial charge in [0.05, 0.1) is 23.4 Å². The van der Waals surface area contributed by atoms with Crippen LogP contribution < -0.4 is 9.88 Å². The summed E-state index contributed by atoms with van der Waals surface area (Å²) < 4.78 is 70.9. The van der Waals surface area contributed by atoms with Crippen LogP contribution in [0.5, 0.6) is 5.75 Å². The molecule has 0 aliphatic rings. The van der Waals surface area contributed by atoms with Crippen LogP contribution in [0.25, 0.3) is 16.9 Å². The third-order valence-corrected chi connectivity index (χ3v) is 5.62. The van der Waals surface area contributed by atoms with Gasteiger partial charge in [0, 0.05) is 11.1 Å². The summed E-state index contributed by atoms with van der Waals surface area (Å²) in [4.78, 5) is -0.153. The van der Waals surface area contributed by atoms with Gasteiger partial charge in [-0.05, 0) is 49.2 Å². The van der Waals surface area contributed by atoms with Crippen molar-refractivity contribution in [2.45, 2.75) is 31.3 Å². The third-order valence-electron chi connectivity index (χ3n) is 4.69. The molecule has 1 heterocycles. The SMILES string of the molecule is CCc1c(C(F)(F)F)nn(-c2ccc(S(N)(=O)=O)cc2)c1-c1cccc(C)c1OC. The summed E-state index contributed by atoms with van der Waals surface area (Å²) in [5, 5.41) is 8.96. The minimum Gasteiger partial charge on any atom is -0.496 e. The van der Waals surface area contributed by atoms with Crippen LogP contribution in [0.4, 0.5) is 13.2 Å². The summed E-state index contributed by atoms with van der Waals surface area (Å²) in [6, 6.07) is 10.3. The lowest BCUT2D eigenvalue weighted by atomic mass is 10.00. The van der Waals surface area contributed by atoms with Crippen LogP contribution in [0, 0.1) is 6.92 Å². The molecule has 6 nitrogen and oxygen atoms in total. The maximum atomic E-state index is 13.7. The molecule has 0 unspecified atom stereocenters. The van der Waals surface area contributed by atoms with Crippen LogP contribution in [-0.2, 0) is 22.6 Å². The minimum atomic E-state index is -4.66. The number of rotatable bonds is 5. The van der Waals surface area contributed by atoms with E-state index in [9.17, 15) is 21.6 Å². The fourth-order valence-corrected chi connectivity index (χ4v) is 3.88. The number of alkyl halides is 3. The number of hydrogen-bond donors (Lipinski definition) is 1. The molecule has 0 radical (unpaired) electrons. The first-order chi connectivity index (χ1) is 14.0. The van der Waals surface area contributed by atoms with Crippen LogP contribution in [0.2, 0.25) is 0 Å². The van der Waals surface area contributed by atoms with E-state index < -0.39 is 21.9 Å². The van der Waals surface area contributed by atoms with Crippen molar-refractivity contribution in [3.8, 4) is 22.7 Å². The van der Waals surface area contributed by atoms with Gasteiger partial charge in [-0.1, -0.05) is 19.1 Å². The van der Waals surface area contributed by atoms with E-state index >= 15 is 0 Å². The van der Waals surface area contributed by atoms with Crippen LogP contribution in [0.3, 0.4) is 0 Å². The van der Waals surface area contributed by atoms with Gasteiger partial charge >= 0.3 is 6.18 Å². The number of nitrogens with zero attached hydrogens (tertiary/aromatic N) is 2. The Kier molecular flexibility index (Phi) is 5.66. The first-order valence-electron chi connectivity index (χ1n) is 8.95. The van der Waals surface area contributed by atoms with E-state index in [-0.39, 0.29) is 28.3 Å². The average molecular weight is 439 g/mol. The van der Waals surface area contributed by atoms with Crippen LogP contribution in [-0.4, -0.2) is 25.3 Å². The Balaban J connectivity index is 2.36. The van der Waals surface area contributed by atoms with Gasteiger partial charge in [0.25, 0.3) is 0 Å². The normalized spacial score (nSPS) is 12.2. The van der Waals surface area contributed by atoms with E-state index in [2.05, 4.69) is 5.10 Å². The molecule has 0 spiro atoms. The van der Waals surface area contributed by atoms with Gasteiger partial charge in [-0.25, -0.2) is 18.2 Å². The van der Waals surface area contributed by atoms with Crippen molar-refractivity contribution in [3.63, 3.8) is 0 Å². The van der Waals surface area contributed by atoms with Crippen molar-refractivity contribution in [2.75, 3.05) is 7.11 Å². The molecule has 160 valence electrons. The first kappa shape index (κ1) is 21.8. The van der Waals surface area contributed by atoms with Gasteiger partial charge < -0.3 is 4.74 Å². The number of aryl methyl sites for hydroxylation is 1. The van der Waals surface area contributed by atoms with Gasteiger partial charge in [0.1, 0.15) is 5.75 Å². The van der Waals surface area contributed by atoms with E-state index in [1.165, 1.54) is 31.4 Å². The van der Waals surface area contributed by atoms with E-state index in [0.717, 1.165) is 10.2 Å². The lowest BCUT2D eigenvalue weighted by molar-refractivity contribution is -0.141. The molecular weight excluding hydrogens is 419 g/mol. The molecule has 0 aliphatic heterocycles. The monoisotopic (exact) mass is 439 g/mol. The van der Waals surface area contributed by atoms with Crippen molar-refractivity contribution in [3.05, 3.63) is 59.3 Å². The highest BCUT2D eigenvalue weighted by Crippen LogP contribution is 2.41. The predicted molar refractivity (Wildman–Crippen MR) is 106 cm³/mol. The Labute approximate surface area is 172 Å². The summed E-state index contributed by atoms with van der Waals surface area (Å²) in [6.45, 7) is 3.41. The quantitative estimate of drug-likeness (QED) is 0.649. The van der Waals surface area contributed by atoms with Crippen molar-refractivity contribution < 1.29 is 26.3 Å². The molecular formula is C20H20F3N3O3S. The van der Waals surface area contributed by atoms with Crippen LogP contribution in [0.1, 0.15) is 23.7 Å². The zero-order chi connectivity index (χ0) is 22.3. The third kappa shape index (κ3) is 3.92. The van der Waals surface area contributed by atoms with E-state index in [1.807, 2.05) is 0 Å². The van der Waals surface area contributed by atoms with Gasteiger partial charge in [-0.15, -0.1) is 0 Å². The second-order valence-corrected chi connectivity index (χ2v) is 8.19. The molecule has 0 amide bonds. The largest absolute Gasteiger partial charge is 0.496 e. The Bertz CT molecular complexity index is 1180. The molecule has 30 heavy (non-hydrogen) atoms. The predicted octanol–water partition coefficient (Wildman–Crippen LogP) is 4.08. The zero-order valence-corrected chi connectivity index (χ0v) is 17.3. The molecule has 2 aromatic carbocycles. The Morgan fingerprint density at radius 1 is 1.13 bits per heavy atom. The zero-order valence-electron chi connectivity index (χ0n) is 16.5. The topological polar surface area (TPSA) is 87.2 Å². The molecule has 3 aromatic rings. The second-order valence-electron chi connectivity index (χ2n) is 6.63. The number of ether oxygens (including phenoxy) is 1. The van der Waals surface area contributed by atoms with Gasteiger partial charge in [0.15, 0.2) is 5.69 Å². The number of nitrogens with two attached hydrogens (primary N) is 1. The smallest absolute Gasteiger partial charge is 0.435 e. The lowest BCUT2D eigenvalue weighted by Crippen LogP contribution is -2.12. The molecule has 0 saturated carbocycles. The summed E-state index contributed by atoms with van der Waals surface area (Å²) in [5.74, 6) is 0.434. The maximum absolute atomic E-state index is 13.7. The lowest BCUT2D eigenvalue weighted by Gasteiger charge is -2.15. The van der Waals surface area contributed by atoms with Gasteiger partial charge in [-0.2, -0.15) is 18.3 Å². The molecule has 0 fully saturated rings. The first-order valence-corrected chi connectivity index (χ1v) is 10.5. The second kappa shape index (κ2) is 7.77. The maximum Gasteiger partial charge on any atom is 0.435 e. The molecule has 3 rings (SSSR count). The minimum absolute atomic E-state index is 0.0157. The average Bonchev–Trinajstić information content (AvgIpc) is 3.07. The summed E-state index contributed by atoms with van der Waals surface area (Å²) in [7, 11) is -2.49. The fourth-order valence-electron chi connectivity index (χ4n) is 3.36. The van der Waals surface area contributed by atoms with E-state index in [1.54, 1.807) is 32.0 Å². The van der Waals surface area contributed by atoms with E-state index in [4.69, 9.17) is 9.88 Å². The summed E-state index contributed by atoms with van der Waals surface area (Å²) in [6.07, 6.45) is -4.58. The number of benzene rings is 2. The van der Waals surface area contributed by atoms with Gasteiger partial charge in [-0.3, -0.25) is 0 Å². The molecule has 2 N–H and O–H groups in total. The van der Waals surface area contributed by atoms with Crippen molar-refractivity contribution >= 4 is 10.0 Å².